The Morgan fingerprint density at radius 1 is 1.27 bits per heavy atom. The Kier molecular flexibility index (Phi) is 3.52. The highest BCUT2D eigenvalue weighted by Gasteiger charge is 2.29. The Morgan fingerprint density at radius 2 is 1.95 bits per heavy atom. The Bertz CT molecular complexity index is 915. The van der Waals surface area contributed by atoms with Gasteiger partial charge >= 0.3 is 0 Å². The van der Waals surface area contributed by atoms with Crippen LogP contribution in [0, 0.1) is 0 Å². The van der Waals surface area contributed by atoms with Crippen LogP contribution in [0.1, 0.15) is 16.8 Å². The summed E-state index contributed by atoms with van der Waals surface area (Å²) in [5, 5.41) is 3.80. The van der Waals surface area contributed by atoms with Gasteiger partial charge in [0, 0.05) is 30.1 Å². The van der Waals surface area contributed by atoms with E-state index in [2.05, 4.69) is 5.32 Å². The van der Waals surface area contributed by atoms with Gasteiger partial charge in [-0.2, -0.15) is 0 Å². The molecule has 0 unspecified atom stereocenters. The number of benzene rings is 1. The van der Waals surface area contributed by atoms with E-state index < -0.39 is 9.84 Å². The lowest BCUT2D eigenvalue weighted by molar-refractivity contribution is 0.0942. The number of hydrogen-bond donors (Lipinski definition) is 1. The zero-order chi connectivity index (χ0) is 15.9. The second-order valence-corrected chi connectivity index (χ2v) is 7.81. The number of nitrogens with one attached hydrogen (secondary N) is 1. The minimum atomic E-state index is -3.05. The van der Waals surface area contributed by atoms with Crippen LogP contribution in [0.25, 0.3) is 10.8 Å². The van der Waals surface area contributed by atoms with Gasteiger partial charge in [0.05, 0.1) is 17.1 Å². The van der Waals surface area contributed by atoms with E-state index in [0.29, 0.717) is 22.8 Å². The summed E-state index contributed by atoms with van der Waals surface area (Å²) in [5.74, 6) is -0.275. The Balaban J connectivity index is 1.98. The third kappa shape index (κ3) is 2.64. The molecule has 2 heterocycles. The normalized spacial score (nSPS) is 20.1. The van der Waals surface area contributed by atoms with Crippen LogP contribution in [0.15, 0.2) is 35.3 Å². The van der Waals surface area contributed by atoms with E-state index in [-0.39, 0.29) is 29.0 Å². The molecule has 0 spiro atoms. The number of aromatic nitrogens is 1. The highest BCUT2D eigenvalue weighted by Crippen LogP contribution is 2.17. The molecule has 0 saturated carbocycles. The lowest BCUT2D eigenvalue weighted by Crippen LogP contribution is -2.36. The molecule has 1 aromatic carbocycles. The number of rotatable bonds is 2. The zero-order valence-corrected chi connectivity index (χ0v) is 12.9. The Hall–Kier alpha value is -2.15. The molecule has 1 N–H and O–H groups in total. The number of hydrogen-bond acceptors (Lipinski definition) is 4. The van der Waals surface area contributed by atoms with Crippen molar-refractivity contribution in [1.29, 1.82) is 0 Å². The fourth-order valence-electron chi connectivity index (χ4n) is 2.77. The number of sulfone groups is 1. The molecule has 1 saturated heterocycles. The molecular formula is C15H16N2O4S. The van der Waals surface area contributed by atoms with Crippen molar-refractivity contribution in [3.8, 4) is 0 Å². The lowest BCUT2D eigenvalue weighted by Gasteiger charge is -2.13. The number of nitrogens with zero attached hydrogens (tertiary/aromatic N) is 1. The molecule has 0 bridgehead atoms. The summed E-state index contributed by atoms with van der Waals surface area (Å²) in [5.41, 5.74) is 0.206. The van der Waals surface area contributed by atoms with Crippen LogP contribution in [0.3, 0.4) is 0 Å². The predicted octanol–water partition coefficient (Wildman–Crippen LogP) is 0.455. The topological polar surface area (TPSA) is 85.2 Å². The molecule has 1 fully saturated rings. The van der Waals surface area contributed by atoms with E-state index in [1.807, 2.05) is 0 Å². The molecule has 7 heteroatoms. The van der Waals surface area contributed by atoms with Crippen LogP contribution >= 0.6 is 0 Å². The first-order chi connectivity index (χ1) is 10.4. The predicted molar refractivity (Wildman–Crippen MR) is 83.7 cm³/mol. The van der Waals surface area contributed by atoms with Gasteiger partial charge in [-0.3, -0.25) is 9.59 Å². The van der Waals surface area contributed by atoms with Crippen LogP contribution in [-0.2, 0) is 16.9 Å². The molecule has 2 aromatic rings. The average molecular weight is 320 g/mol. The summed E-state index contributed by atoms with van der Waals surface area (Å²) in [4.78, 5) is 24.6. The Labute approximate surface area is 127 Å². The zero-order valence-electron chi connectivity index (χ0n) is 12.1. The summed E-state index contributed by atoms with van der Waals surface area (Å²) < 4.78 is 24.3. The van der Waals surface area contributed by atoms with Crippen LogP contribution in [0.5, 0.6) is 0 Å². The second kappa shape index (κ2) is 5.24. The lowest BCUT2D eigenvalue weighted by atomic mass is 10.1. The SMILES string of the molecule is Cn1cc(C(=O)N[C@H]2CCS(=O)(=O)C2)c2ccccc2c1=O. The van der Waals surface area contributed by atoms with Gasteiger partial charge in [-0.1, -0.05) is 18.2 Å². The number of amides is 1. The molecule has 6 nitrogen and oxygen atoms in total. The number of carbonyl (C=O) groups excluding carboxylic acids is 1. The van der Waals surface area contributed by atoms with Crippen LogP contribution in [0.2, 0.25) is 0 Å². The largest absolute Gasteiger partial charge is 0.348 e. The van der Waals surface area contributed by atoms with E-state index in [4.69, 9.17) is 0 Å². The van der Waals surface area contributed by atoms with Gasteiger partial charge < -0.3 is 9.88 Å². The summed E-state index contributed by atoms with van der Waals surface area (Å²) in [6.45, 7) is 0. The Morgan fingerprint density at radius 3 is 2.59 bits per heavy atom. The van der Waals surface area contributed by atoms with Crippen LogP contribution < -0.4 is 10.9 Å². The van der Waals surface area contributed by atoms with E-state index >= 15 is 0 Å². The van der Waals surface area contributed by atoms with Crippen molar-refractivity contribution >= 4 is 26.5 Å². The summed E-state index contributed by atoms with van der Waals surface area (Å²) in [7, 11) is -1.46. The molecule has 1 amide bonds. The number of aryl methyl sites for hydroxylation is 1. The van der Waals surface area contributed by atoms with Crippen molar-refractivity contribution in [3.63, 3.8) is 0 Å². The van der Waals surface area contributed by atoms with Crippen molar-refractivity contribution in [3.05, 3.63) is 46.4 Å². The quantitative estimate of drug-likeness (QED) is 0.871. The second-order valence-electron chi connectivity index (χ2n) is 5.58. The monoisotopic (exact) mass is 320 g/mol. The molecule has 0 aliphatic carbocycles. The maximum absolute atomic E-state index is 12.5. The fourth-order valence-corrected chi connectivity index (χ4v) is 4.44. The number of pyridine rings is 1. The van der Waals surface area contributed by atoms with Gasteiger partial charge in [0.2, 0.25) is 0 Å². The van der Waals surface area contributed by atoms with E-state index in [9.17, 15) is 18.0 Å². The maximum atomic E-state index is 12.5. The number of carbonyl (C=O) groups is 1. The smallest absolute Gasteiger partial charge is 0.258 e. The first kappa shape index (κ1) is 14.8. The first-order valence-electron chi connectivity index (χ1n) is 6.97. The highest BCUT2D eigenvalue weighted by molar-refractivity contribution is 7.91. The fraction of sp³-hybridized carbons (Fsp3) is 0.333. The van der Waals surface area contributed by atoms with Crippen molar-refractivity contribution in [1.82, 2.24) is 9.88 Å². The summed E-state index contributed by atoms with van der Waals surface area (Å²) in [6, 6.07) is 6.53. The van der Waals surface area contributed by atoms with Gasteiger partial charge in [-0.05, 0) is 12.5 Å². The average Bonchev–Trinajstić information content (AvgIpc) is 2.81. The molecule has 0 radical (unpaired) electrons. The molecule has 116 valence electrons. The van der Waals surface area contributed by atoms with Gasteiger partial charge in [0.1, 0.15) is 0 Å². The minimum Gasteiger partial charge on any atom is -0.348 e. The highest BCUT2D eigenvalue weighted by atomic mass is 32.2. The van der Waals surface area contributed by atoms with Gasteiger partial charge in [0.25, 0.3) is 11.5 Å². The minimum absolute atomic E-state index is 0.0254. The van der Waals surface area contributed by atoms with Crippen LogP contribution in [-0.4, -0.2) is 36.4 Å². The van der Waals surface area contributed by atoms with Gasteiger partial charge in [-0.15, -0.1) is 0 Å². The van der Waals surface area contributed by atoms with E-state index in [1.165, 1.54) is 10.8 Å². The molecule has 1 aliphatic heterocycles. The third-order valence-corrected chi connectivity index (χ3v) is 5.67. The molecule has 1 aliphatic rings. The molecule has 3 rings (SSSR count). The van der Waals surface area contributed by atoms with Crippen molar-refractivity contribution in [2.45, 2.75) is 12.5 Å². The van der Waals surface area contributed by atoms with Crippen molar-refractivity contribution in [2.75, 3.05) is 11.5 Å². The van der Waals surface area contributed by atoms with Gasteiger partial charge in [-0.25, -0.2) is 8.42 Å². The summed E-state index contributed by atoms with van der Waals surface area (Å²) in [6.07, 6.45) is 1.92. The maximum Gasteiger partial charge on any atom is 0.258 e. The molecule has 22 heavy (non-hydrogen) atoms. The van der Waals surface area contributed by atoms with Gasteiger partial charge in [0.15, 0.2) is 9.84 Å². The standard InChI is InChI=1S/C15H16N2O4S/c1-17-8-13(11-4-2-3-5-12(11)15(17)19)14(18)16-10-6-7-22(20,21)9-10/h2-5,8,10H,6-7,9H2,1H3,(H,16,18)/t10-/m0/s1. The number of fused-ring (bicyclic) bond motifs is 1. The first-order valence-corrected chi connectivity index (χ1v) is 8.79. The van der Waals surface area contributed by atoms with E-state index in [1.54, 1.807) is 31.3 Å². The van der Waals surface area contributed by atoms with E-state index in [0.717, 1.165) is 0 Å². The molecular weight excluding hydrogens is 304 g/mol. The third-order valence-electron chi connectivity index (χ3n) is 3.90. The molecule has 1 atom stereocenters. The van der Waals surface area contributed by atoms with Crippen molar-refractivity contribution < 1.29 is 13.2 Å². The van der Waals surface area contributed by atoms with Crippen molar-refractivity contribution in [2.24, 2.45) is 7.05 Å². The molecule has 1 aromatic heterocycles. The van der Waals surface area contributed by atoms with Crippen LogP contribution in [0.4, 0.5) is 0 Å². The summed E-state index contributed by atoms with van der Waals surface area (Å²) >= 11 is 0.